The first-order chi connectivity index (χ1) is 13.9. The first-order valence-corrected chi connectivity index (χ1v) is 10.1. The van der Waals surface area contributed by atoms with Gasteiger partial charge in [-0.1, -0.05) is 12.1 Å². The molecule has 0 spiro atoms. The van der Waals surface area contributed by atoms with Crippen molar-refractivity contribution in [3.8, 4) is 6.07 Å². The van der Waals surface area contributed by atoms with Gasteiger partial charge in [-0.2, -0.15) is 5.26 Å². The van der Waals surface area contributed by atoms with Gasteiger partial charge in [-0.3, -0.25) is 14.5 Å². The third-order valence-electron chi connectivity index (χ3n) is 4.19. The molecule has 2 aromatic carbocycles. The van der Waals surface area contributed by atoms with Gasteiger partial charge in [-0.05, 0) is 54.1 Å². The Kier molecular flexibility index (Phi) is 5.90. The maximum atomic E-state index is 12.6. The highest BCUT2D eigenvalue weighted by Crippen LogP contribution is 2.17. The minimum atomic E-state index is -3.76. The highest BCUT2D eigenvalue weighted by atomic mass is 32.2. The van der Waals surface area contributed by atoms with Crippen LogP contribution in [0.15, 0.2) is 78.0 Å². The molecule has 0 aliphatic rings. The van der Waals surface area contributed by atoms with Crippen LogP contribution < -0.4 is 4.72 Å². The maximum absolute atomic E-state index is 12.6. The summed E-state index contributed by atoms with van der Waals surface area (Å²) < 4.78 is 27.4. The van der Waals surface area contributed by atoms with E-state index >= 15 is 0 Å². The second kappa shape index (κ2) is 8.54. The third kappa shape index (κ3) is 4.97. The number of hydrogen-bond acceptors (Lipinski definition) is 5. The van der Waals surface area contributed by atoms with Crippen molar-refractivity contribution in [1.29, 1.82) is 5.26 Å². The summed E-state index contributed by atoms with van der Waals surface area (Å²) in [5.41, 5.74) is 2.23. The summed E-state index contributed by atoms with van der Waals surface area (Å²) in [4.78, 5) is 18.1. The van der Waals surface area contributed by atoms with Gasteiger partial charge in [0.2, 0.25) is 0 Å². The Labute approximate surface area is 169 Å². The Morgan fingerprint density at radius 1 is 1.03 bits per heavy atom. The van der Waals surface area contributed by atoms with E-state index < -0.39 is 10.0 Å². The number of sulfonamides is 1. The van der Waals surface area contributed by atoms with E-state index in [0.29, 0.717) is 23.4 Å². The van der Waals surface area contributed by atoms with Crippen LogP contribution in [0, 0.1) is 11.3 Å². The normalized spacial score (nSPS) is 10.8. The van der Waals surface area contributed by atoms with Crippen LogP contribution in [0.25, 0.3) is 0 Å². The minimum Gasteiger partial charge on any atom is -0.337 e. The fraction of sp³-hybridized carbons (Fsp3) is 0.0952. The molecule has 1 amide bonds. The molecule has 0 saturated heterocycles. The van der Waals surface area contributed by atoms with Crippen LogP contribution in [0.5, 0.6) is 0 Å². The molecule has 0 aliphatic heterocycles. The first-order valence-electron chi connectivity index (χ1n) is 8.66. The van der Waals surface area contributed by atoms with Crippen LogP contribution in [-0.2, 0) is 16.6 Å². The zero-order chi connectivity index (χ0) is 20.9. The molecule has 1 aromatic heterocycles. The second-order valence-electron chi connectivity index (χ2n) is 6.34. The van der Waals surface area contributed by atoms with Gasteiger partial charge in [0.1, 0.15) is 0 Å². The molecule has 1 heterocycles. The molecule has 0 radical (unpaired) electrons. The number of nitrogens with one attached hydrogen (secondary N) is 1. The van der Waals surface area contributed by atoms with Crippen LogP contribution in [0.1, 0.15) is 21.5 Å². The number of carbonyl (C=O) groups is 1. The number of carbonyl (C=O) groups excluding carboxylic acids is 1. The molecule has 0 unspecified atom stereocenters. The molecule has 0 saturated carbocycles. The topological polar surface area (TPSA) is 103 Å². The Morgan fingerprint density at radius 3 is 2.24 bits per heavy atom. The second-order valence-corrected chi connectivity index (χ2v) is 8.02. The van der Waals surface area contributed by atoms with E-state index in [2.05, 4.69) is 15.8 Å². The maximum Gasteiger partial charge on any atom is 0.261 e. The summed E-state index contributed by atoms with van der Waals surface area (Å²) in [5, 5.41) is 8.84. The lowest BCUT2D eigenvalue weighted by atomic mass is 10.1. The van der Waals surface area contributed by atoms with Gasteiger partial charge in [0.25, 0.3) is 15.9 Å². The molecular weight excluding hydrogens is 388 g/mol. The van der Waals surface area contributed by atoms with Gasteiger partial charge in [-0.15, -0.1) is 0 Å². The predicted molar refractivity (Wildman–Crippen MR) is 108 cm³/mol. The van der Waals surface area contributed by atoms with Gasteiger partial charge >= 0.3 is 0 Å². The van der Waals surface area contributed by atoms with Crippen molar-refractivity contribution in [3.63, 3.8) is 0 Å². The van der Waals surface area contributed by atoms with E-state index in [0.717, 1.165) is 5.56 Å². The van der Waals surface area contributed by atoms with Crippen LogP contribution >= 0.6 is 0 Å². The van der Waals surface area contributed by atoms with Crippen LogP contribution in [-0.4, -0.2) is 31.3 Å². The first kappa shape index (κ1) is 20.0. The molecule has 7 nitrogen and oxygen atoms in total. The van der Waals surface area contributed by atoms with E-state index in [9.17, 15) is 13.2 Å². The number of nitrogens with zero attached hydrogens (tertiary/aromatic N) is 3. The molecule has 0 bridgehead atoms. The van der Waals surface area contributed by atoms with Crippen LogP contribution in [0.2, 0.25) is 0 Å². The lowest BCUT2D eigenvalue weighted by molar-refractivity contribution is 0.0785. The molecular formula is C21H18N4O3S. The fourth-order valence-electron chi connectivity index (χ4n) is 2.66. The monoisotopic (exact) mass is 406 g/mol. The Balaban J connectivity index is 1.69. The predicted octanol–water partition coefficient (Wildman–Crippen LogP) is 3.03. The van der Waals surface area contributed by atoms with Crippen molar-refractivity contribution >= 4 is 21.6 Å². The van der Waals surface area contributed by atoms with E-state index in [1.807, 2.05) is 0 Å². The fourth-order valence-corrected chi connectivity index (χ4v) is 3.72. The molecule has 29 heavy (non-hydrogen) atoms. The summed E-state index contributed by atoms with van der Waals surface area (Å²) >= 11 is 0. The summed E-state index contributed by atoms with van der Waals surface area (Å²) in [5.74, 6) is -0.236. The summed E-state index contributed by atoms with van der Waals surface area (Å²) in [6.07, 6.45) is 2.98. The van der Waals surface area contributed by atoms with E-state index in [1.54, 1.807) is 43.4 Å². The molecule has 3 aromatic rings. The number of pyridine rings is 1. The van der Waals surface area contributed by atoms with Crippen molar-refractivity contribution in [1.82, 2.24) is 9.88 Å². The average molecular weight is 406 g/mol. The van der Waals surface area contributed by atoms with E-state index in [4.69, 9.17) is 5.26 Å². The number of anilines is 1. The minimum absolute atomic E-state index is 0.0561. The molecule has 0 atom stereocenters. The highest BCUT2D eigenvalue weighted by Gasteiger charge is 2.17. The number of aromatic nitrogens is 1. The number of hydrogen-bond donors (Lipinski definition) is 1. The summed E-state index contributed by atoms with van der Waals surface area (Å²) in [6, 6.07) is 17.9. The van der Waals surface area contributed by atoms with Crippen molar-refractivity contribution < 1.29 is 13.2 Å². The number of amides is 1. The van der Waals surface area contributed by atoms with Crippen molar-refractivity contribution in [2.75, 3.05) is 11.8 Å². The van der Waals surface area contributed by atoms with Gasteiger partial charge in [0.05, 0.1) is 22.2 Å². The molecule has 3 rings (SSSR count). The molecule has 0 aliphatic carbocycles. The van der Waals surface area contributed by atoms with Gasteiger partial charge in [0, 0.05) is 31.5 Å². The van der Waals surface area contributed by atoms with Crippen LogP contribution in [0.3, 0.4) is 0 Å². The SMILES string of the molecule is CN(Cc1ccc(C#N)cc1)C(=O)c1ccc(S(=O)(=O)Nc2ccncc2)cc1. The number of nitriles is 1. The average Bonchev–Trinajstić information content (AvgIpc) is 2.74. The number of rotatable bonds is 6. The summed E-state index contributed by atoms with van der Waals surface area (Å²) in [6.45, 7) is 0.369. The van der Waals surface area contributed by atoms with E-state index in [1.165, 1.54) is 41.6 Å². The van der Waals surface area contributed by atoms with Gasteiger partial charge in [0.15, 0.2) is 0 Å². The lowest BCUT2D eigenvalue weighted by Gasteiger charge is -2.17. The zero-order valence-corrected chi connectivity index (χ0v) is 16.4. The molecule has 0 fully saturated rings. The van der Waals surface area contributed by atoms with Crippen molar-refractivity contribution in [2.45, 2.75) is 11.4 Å². The zero-order valence-electron chi connectivity index (χ0n) is 15.6. The third-order valence-corrected chi connectivity index (χ3v) is 5.59. The largest absolute Gasteiger partial charge is 0.337 e. The summed E-state index contributed by atoms with van der Waals surface area (Å²) in [7, 11) is -2.10. The van der Waals surface area contributed by atoms with Crippen molar-refractivity contribution in [2.24, 2.45) is 0 Å². The lowest BCUT2D eigenvalue weighted by Crippen LogP contribution is -2.26. The van der Waals surface area contributed by atoms with Gasteiger partial charge in [-0.25, -0.2) is 8.42 Å². The molecule has 1 N–H and O–H groups in total. The quantitative estimate of drug-likeness (QED) is 0.678. The Bertz CT molecular complexity index is 1140. The highest BCUT2D eigenvalue weighted by molar-refractivity contribution is 7.92. The number of benzene rings is 2. The van der Waals surface area contributed by atoms with E-state index in [-0.39, 0.29) is 10.8 Å². The van der Waals surface area contributed by atoms with Gasteiger partial charge < -0.3 is 4.90 Å². The molecule has 146 valence electrons. The van der Waals surface area contributed by atoms with Crippen LogP contribution in [0.4, 0.5) is 5.69 Å². The Hall–Kier alpha value is -3.70. The standard InChI is InChI=1S/C21H18N4O3S/c1-25(15-17-4-2-16(14-22)3-5-17)21(26)18-6-8-20(9-7-18)29(27,28)24-19-10-12-23-13-11-19/h2-13H,15H2,1H3,(H,23,24). The Morgan fingerprint density at radius 2 is 1.66 bits per heavy atom. The smallest absolute Gasteiger partial charge is 0.261 e. The molecule has 8 heteroatoms. The van der Waals surface area contributed by atoms with Crippen molar-refractivity contribution in [3.05, 3.63) is 89.7 Å².